The predicted octanol–water partition coefficient (Wildman–Crippen LogP) is 1.91. The molecule has 0 spiro atoms. The number of primary sulfonamides is 1. The molecule has 3 N–H and O–H groups in total. The Morgan fingerprint density at radius 1 is 1.19 bits per heavy atom. The monoisotopic (exact) mass is 392 g/mol. The van der Waals surface area contributed by atoms with Gasteiger partial charge in [0.05, 0.1) is 16.2 Å². The van der Waals surface area contributed by atoms with Crippen molar-refractivity contribution >= 4 is 27.6 Å². The first kappa shape index (κ1) is 20.5. The fourth-order valence-corrected chi connectivity index (χ4v) is 3.37. The van der Waals surface area contributed by atoms with Gasteiger partial charge in [0.2, 0.25) is 15.8 Å². The van der Waals surface area contributed by atoms with Crippen LogP contribution in [0.25, 0.3) is 0 Å². The highest BCUT2D eigenvalue weighted by Crippen LogP contribution is 2.21. The minimum absolute atomic E-state index is 0.0509. The largest absolute Gasteiger partial charge is 0.451 e. The number of benzene rings is 1. The van der Waals surface area contributed by atoms with Crippen molar-refractivity contribution in [2.45, 2.75) is 38.7 Å². The molecule has 2 rings (SSSR count). The van der Waals surface area contributed by atoms with Crippen LogP contribution in [0, 0.1) is 13.8 Å². The number of aryl methyl sites for hydroxylation is 1. The Morgan fingerprint density at radius 2 is 1.81 bits per heavy atom. The van der Waals surface area contributed by atoms with E-state index in [1.165, 1.54) is 32.0 Å². The molecule has 144 valence electrons. The zero-order valence-electron chi connectivity index (χ0n) is 15.3. The van der Waals surface area contributed by atoms with Gasteiger partial charge in [0.15, 0.2) is 11.9 Å². The van der Waals surface area contributed by atoms with E-state index in [9.17, 15) is 22.8 Å². The first-order valence-electron chi connectivity index (χ1n) is 8.01. The van der Waals surface area contributed by atoms with Crippen LogP contribution in [0.4, 0.5) is 0 Å². The van der Waals surface area contributed by atoms with Crippen LogP contribution in [-0.2, 0) is 14.8 Å². The number of carbonyl (C=O) groups is 3. The summed E-state index contributed by atoms with van der Waals surface area (Å²) in [5.74, 6) is -1.54. The van der Waals surface area contributed by atoms with E-state index >= 15 is 0 Å². The Morgan fingerprint density at radius 3 is 2.33 bits per heavy atom. The molecule has 0 fully saturated rings. The van der Waals surface area contributed by atoms with Crippen LogP contribution in [0.1, 0.15) is 56.3 Å². The molecule has 2 aromatic rings. The molecule has 1 aromatic heterocycles. The second-order valence-electron chi connectivity index (χ2n) is 6.17. The number of ketones is 2. The van der Waals surface area contributed by atoms with Gasteiger partial charge in [-0.3, -0.25) is 9.59 Å². The summed E-state index contributed by atoms with van der Waals surface area (Å²) < 4.78 is 27.9. The van der Waals surface area contributed by atoms with Crippen molar-refractivity contribution in [3.63, 3.8) is 0 Å². The molecular weight excluding hydrogens is 372 g/mol. The van der Waals surface area contributed by atoms with Crippen LogP contribution in [-0.4, -0.2) is 37.0 Å². The molecule has 0 bridgehead atoms. The van der Waals surface area contributed by atoms with Crippen molar-refractivity contribution in [2.24, 2.45) is 5.14 Å². The van der Waals surface area contributed by atoms with Crippen molar-refractivity contribution in [1.29, 1.82) is 0 Å². The summed E-state index contributed by atoms with van der Waals surface area (Å²) in [7, 11) is -3.97. The number of H-pyrrole nitrogens is 1. The zero-order chi connectivity index (χ0) is 20.5. The summed E-state index contributed by atoms with van der Waals surface area (Å²) in [6.07, 6.45) is -1.15. The van der Waals surface area contributed by atoms with E-state index in [2.05, 4.69) is 4.98 Å². The predicted molar refractivity (Wildman–Crippen MR) is 97.3 cm³/mol. The van der Waals surface area contributed by atoms with Gasteiger partial charge in [-0.2, -0.15) is 0 Å². The first-order chi connectivity index (χ1) is 12.4. The highest BCUT2D eigenvalue weighted by molar-refractivity contribution is 7.89. The normalized spacial score (nSPS) is 12.5. The number of rotatable bonds is 6. The second-order valence-corrected chi connectivity index (χ2v) is 7.73. The van der Waals surface area contributed by atoms with Gasteiger partial charge in [-0.1, -0.05) is 6.07 Å². The summed E-state index contributed by atoms with van der Waals surface area (Å²) >= 11 is 0. The molecule has 0 radical (unpaired) electrons. The average Bonchev–Trinajstić information content (AvgIpc) is 2.87. The fourth-order valence-electron chi connectivity index (χ4n) is 2.81. The minimum atomic E-state index is -3.97. The molecule has 0 amide bonds. The Kier molecular flexibility index (Phi) is 5.67. The third-order valence-corrected chi connectivity index (χ3v) is 5.00. The number of nitrogens with one attached hydrogen (secondary N) is 1. The van der Waals surface area contributed by atoms with Gasteiger partial charge in [0.25, 0.3) is 0 Å². The molecule has 0 aliphatic carbocycles. The quantitative estimate of drug-likeness (QED) is 0.569. The highest BCUT2D eigenvalue weighted by Gasteiger charge is 2.26. The number of sulfonamides is 1. The maximum Gasteiger partial charge on any atom is 0.338 e. The topological polar surface area (TPSA) is 136 Å². The lowest BCUT2D eigenvalue weighted by Gasteiger charge is -2.12. The molecule has 8 nitrogen and oxygen atoms in total. The number of hydrogen-bond donors (Lipinski definition) is 2. The molecular formula is C18H20N2O6S. The number of carbonyl (C=O) groups excluding carboxylic acids is 3. The van der Waals surface area contributed by atoms with E-state index in [0.29, 0.717) is 16.8 Å². The summed E-state index contributed by atoms with van der Waals surface area (Å²) in [5.41, 5.74) is 1.62. The van der Waals surface area contributed by atoms with Gasteiger partial charge in [-0.25, -0.2) is 18.4 Å². The third-order valence-electron chi connectivity index (χ3n) is 4.09. The van der Waals surface area contributed by atoms with Crippen LogP contribution in [0.3, 0.4) is 0 Å². The Labute approximate surface area is 156 Å². The van der Waals surface area contributed by atoms with E-state index in [1.54, 1.807) is 13.8 Å². The van der Waals surface area contributed by atoms with Crippen LogP contribution >= 0.6 is 0 Å². The standard InChI is InChI=1S/C18H20N2O6S/c1-9-15(11(3)21)10(2)20-16(9)17(22)12(4)26-18(23)13-6-5-7-14(8-13)27(19,24)25/h5-8,12,20H,1-4H3,(H2,19,24,25)/t12-/m0/s1. The van der Waals surface area contributed by atoms with Crippen molar-refractivity contribution < 1.29 is 27.5 Å². The second kappa shape index (κ2) is 7.45. The maximum absolute atomic E-state index is 12.6. The number of aromatic nitrogens is 1. The smallest absolute Gasteiger partial charge is 0.338 e. The van der Waals surface area contributed by atoms with E-state index in [0.717, 1.165) is 6.07 Å². The lowest BCUT2D eigenvalue weighted by atomic mass is 10.0. The number of Topliss-reactive ketones (excluding diaryl/α,β-unsaturated/α-hetero) is 2. The summed E-state index contributed by atoms with van der Waals surface area (Å²) in [5, 5.41) is 5.04. The minimum Gasteiger partial charge on any atom is -0.451 e. The maximum atomic E-state index is 12.6. The lowest BCUT2D eigenvalue weighted by molar-refractivity contribution is 0.0316. The number of esters is 1. The van der Waals surface area contributed by atoms with E-state index in [-0.39, 0.29) is 21.9 Å². The van der Waals surface area contributed by atoms with Crippen LogP contribution in [0.2, 0.25) is 0 Å². The van der Waals surface area contributed by atoms with Gasteiger partial charge in [-0.15, -0.1) is 0 Å². The van der Waals surface area contributed by atoms with Gasteiger partial charge in [0, 0.05) is 11.3 Å². The highest BCUT2D eigenvalue weighted by atomic mass is 32.2. The third kappa shape index (κ3) is 4.32. The van der Waals surface area contributed by atoms with Crippen molar-refractivity contribution in [3.05, 3.63) is 52.3 Å². The molecule has 0 unspecified atom stereocenters. The molecule has 1 atom stereocenters. The number of nitrogens with two attached hydrogens (primary N) is 1. The van der Waals surface area contributed by atoms with Crippen LogP contribution in [0.5, 0.6) is 0 Å². The molecule has 1 heterocycles. The van der Waals surface area contributed by atoms with Gasteiger partial charge >= 0.3 is 5.97 Å². The molecule has 0 saturated heterocycles. The van der Waals surface area contributed by atoms with Crippen LogP contribution < -0.4 is 5.14 Å². The molecule has 9 heteroatoms. The van der Waals surface area contributed by atoms with Crippen molar-refractivity contribution in [3.8, 4) is 0 Å². The van der Waals surface area contributed by atoms with Gasteiger partial charge < -0.3 is 9.72 Å². The number of aromatic amines is 1. The number of hydrogen-bond acceptors (Lipinski definition) is 6. The Bertz CT molecular complexity index is 1040. The van der Waals surface area contributed by atoms with E-state index < -0.39 is 27.9 Å². The van der Waals surface area contributed by atoms with E-state index in [1.807, 2.05) is 0 Å². The molecule has 0 saturated carbocycles. The van der Waals surface area contributed by atoms with Crippen molar-refractivity contribution in [1.82, 2.24) is 4.98 Å². The van der Waals surface area contributed by atoms with E-state index in [4.69, 9.17) is 9.88 Å². The van der Waals surface area contributed by atoms with Crippen LogP contribution in [0.15, 0.2) is 29.2 Å². The molecule has 1 aromatic carbocycles. The zero-order valence-corrected chi connectivity index (χ0v) is 16.1. The Balaban J connectivity index is 2.24. The molecule has 0 aliphatic rings. The molecule has 0 aliphatic heterocycles. The summed E-state index contributed by atoms with van der Waals surface area (Å²) in [6, 6.07) is 5.02. The Hall–Kier alpha value is -2.78. The van der Waals surface area contributed by atoms with Gasteiger partial charge in [0.1, 0.15) is 0 Å². The SMILES string of the molecule is CC(=O)c1c(C)[nH]c(C(=O)[C@H](C)OC(=O)c2cccc(S(N)(=O)=O)c2)c1C. The molecule has 27 heavy (non-hydrogen) atoms. The summed E-state index contributed by atoms with van der Waals surface area (Å²) in [4.78, 5) is 39.2. The van der Waals surface area contributed by atoms with Crippen molar-refractivity contribution in [2.75, 3.05) is 0 Å². The lowest BCUT2D eigenvalue weighted by Crippen LogP contribution is -2.25. The summed E-state index contributed by atoms with van der Waals surface area (Å²) in [6.45, 7) is 6.11. The number of ether oxygens (including phenoxy) is 1. The van der Waals surface area contributed by atoms with Gasteiger partial charge in [-0.05, 0) is 51.5 Å². The average molecular weight is 392 g/mol. The first-order valence-corrected chi connectivity index (χ1v) is 9.56. The fraction of sp³-hybridized carbons (Fsp3) is 0.278.